The van der Waals surface area contributed by atoms with Gasteiger partial charge in [0.15, 0.2) is 5.69 Å². The number of hydrogen-bond acceptors (Lipinski definition) is 6. The zero-order valence-corrected chi connectivity index (χ0v) is 17.3. The molecule has 1 N–H and O–H groups in total. The molecule has 1 heterocycles. The number of para-hydroxylation sites is 1. The molecule has 11 heteroatoms. The predicted octanol–water partition coefficient (Wildman–Crippen LogP) is 3.20. The van der Waals surface area contributed by atoms with E-state index in [2.05, 4.69) is 15.6 Å². The van der Waals surface area contributed by atoms with Gasteiger partial charge in [0, 0.05) is 11.1 Å². The first-order valence-electron chi connectivity index (χ1n) is 9.35. The maximum atomic E-state index is 13.1. The number of rotatable bonds is 5. The molecule has 0 aliphatic heterocycles. The van der Waals surface area contributed by atoms with E-state index in [0.717, 1.165) is 12.1 Å². The van der Waals surface area contributed by atoms with Gasteiger partial charge in [0.05, 0.1) is 24.6 Å². The number of carbonyl (C=O) groups excluding carboxylic acids is 1. The van der Waals surface area contributed by atoms with Crippen LogP contribution < -0.4 is 15.7 Å². The Morgan fingerprint density at radius 3 is 2.64 bits per heavy atom. The Morgan fingerprint density at radius 2 is 1.97 bits per heavy atom. The molecule has 0 fully saturated rings. The first-order chi connectivity index (χ1) is 15.7. The van der Waals surface area contributed by atoms with Crippen molar-refractivity contribution >= 4 is 12.1 Å². The van der Waals surface area contributed by atoms with Crippen molar-refractivity contribution in [1.29, 1.82) is 5.26 Å². The molecule has 3 aromatic rings. The van der Waals surface area contributed by atoms with Crippen LogP contribution in [0, 0.1) is 18.3 Å². The van der Waals surface area contributed by atoms with Crippen LogP contribution in [0.3, 0.4) is 0 Å². The molecule has 0 unspecified atom stereocenters. The summed E-state index contributed by atoms with van der Waals surface area (Å²) in [4.78, 5) is 25.3. The van der Waals surface area contributed by atoms with Gasteiger partial charge in [-0.25, -0.2) is 5.43 Å². The number of ether oxygens (including phenoxy) is 1. The van der Waals surface area contributed by atoms with Crippen LogP contribution in [0.25, 0.3) is 5.69 Å². The highest BCUT2D eigenvalue weighted by molar-refractivity contribution is 5.95. The van der Waals surface area contributed by atoms with Gasteiger partial charge in [0.2, 0.25) is 0 Å². The Labute approximate surface area is 185 Å². The van der Waals surface area contributed by atoms with Gasteiger partial charge in [-0.1, -0.05) is 18.2 Å². The van der Waals surface area contributed by atoms with Crippen molar-refractivity contribution in [3.05, 3.63) is 86.8 Å². The average molecular weight is 455 g/mol. The number of alkyl halides is 3. The summed E-state index contributed by atoms with van der Waals surface area (Å²) >= 11 is 0. The summed E-state index contributed by atoms with van der Waals surface area (Å²) in [6.45, 7) is 1.34. The molecule has 3 rings (SSSR count). The fourth-order valence-corrected chi connectivity index (χ4v) is 2.93. The van der Waals surface area contributed by atoms with Gasteiger partial charge in [-0.3, -0.25) is 9.59 Å². The zero-order chi connectivity index (χ0) is 24.2. The van der Waals surface area contributed by atoms with E-state index in [9.17, 15) is 28.0 Å². The van der Waals surface area contributed by atoms with Crippen LogP contribution in [-0.4, -0.2) is 29.0 Å². The molecule has 1 amide bonds. The van der Waals surface area contributed by atoms with Crippen LogP contribution in [0.5, 0.6) is 5.75 Å². The number of methoxy groups -OCH3 is 1. The van der Waals surface area contributed by atoms with Crippen LogP contribution in [0.1, 0.15) is 32.7 Å². The Bertz CT molecular complexity index is 1340. The van der Waals surface area contributed by atoms with E-state index in [1.54, 1.807) is 30.3 Å². The van der Waals surface area contributed by atoms with Gasteiger partial charge in [-0.15, -0.1) is 0 Å². The molecule has 8 nitrogen and oxygen atoms in total. The van der Waals surface area contributed by atoms with E-state index in [0.29, 0.717) is 22.1 Å². The third kappa shape index (κ3) is 4.90. The molecular weight excluding hydrogens is 439 g/mol. The molecule has 0 aliphatic rings. The summed E-state index contributed by atoms with van der Waals surface area (Å²) in [5.74, 6) is -0.356. The lowest BCUT2D eigenvalue weighted by Crippen LogP contribution is -2.31. The highest BCUT2D eigenvalue weighted by Crippen LogP contribution is 2.30. The molecule has 0 bridgehead atoms. The lowest BCUT2D eigenvalue weighted by atomic mass is 10.1. The number of hydrazone groups is 1. The van der Waals surface area contributed by atoms with Gasteiger partial charge in [0.25, 0.3) is 11.5 Å². The predicted molar refractivity (Wildman–Crippen MR) is 112 cm³/mol. The summed E-state index contributed by atoms with van der Waals surface area (Å²) in [5, 5.41) is 17.1. The number of amides is 1. The zero-order valence-electron chi connectivity index (χ0n) is 17.3. The molecular formula is C22H16F3N5O3. The number of carbonyl (C=O) groups is 1. The second-order valence-corrected chi connectivity index (χ2v) is 6.67. The summed E-state index contributed by atoms with van der Waals surface area (Å²) in [7, 11) is 1.47. The molecule has 0 atom stereocenters. The SMILES string of the molecule is COc1ccccc1/C=N/NC(=O)c1nn(-c2cccc(C(F)(F)F)c2)c(=O)c(C#N)c1C. The van der Waals surface area contributed by atoms with Crippen molar-refractivity contribution in [1.82, 2.24) is 15.2 Å². The fourth-order valence-electron chi connectivity index (χ4n) is 2.93. The first kappa shape index (κ1) is 23.2. The molecule has 33 heavy (non-hydrogen) atoms. The summed E-state index contributed by atoms with van der Waals surface area (Å²) in [6.07, 6.45) is -3.34. The quantitative estimate of drug-likeness (QED) is 0.469. The van der Waals surface area contributed by atoms with Crippen LogP contribution >= 0.6 is 0 Å². The number of nitrogens with zero attached hydrogens (tertiary/aromatic N) is 4. The fraction of sp³-hybridized carbons (Fsp3) is 0.136. The van der Waals surface area contributed by atoms with Crippen LogP contribution in [0.4, 0.5) is 13.2 Å². The largest absolute Gasteiger partial charge is 0.496 e. The van der Waals surface area contributed by atoms with E-state index >= 15 is 0 Å². The van der Waals surface area contributed by atoms with E-state index in [-0.39, 0.29) is 16.9 Å². The maximum Gasteiger partial charge on any atom is 0.416 e. The van der Waals surface area contributed by atoms with E-state index < -0.39 is 28.8 Å². The second-order valence-electron chi connectivity index (χ2n) is 6.67. The molecule has 0 spiro atoms. The molecule has 1 aromatic heterocycles. The van der Waals surface area contributed by atoms with Crippen LogP contribution in [-0.2, 0) is 6.18 Å². The first-order valence-corrected chi connectivity index (χ1v) is 9.35. The van der Waals surface area contributed by atoms with Gasteiger partial charge >= 0.3 is 6.18 Å². The van der Waals surface area contributed by atoms with Gasteiger partial charge < -0.3 is 4.74 Å². The van der Waals surface area contributed by atoms with Gasteiger partial charge in [0.1, 0.15) is 17.4 Å². The summed E-state index contributed by atoms with van der Waals surface area (Å²) in [5.41, 5.74) is -0.230. The smallest absolute Gasteiger partial charge is 0.416 e. The normalized spacial score (nSPS) is 11.3. The van der Waals surface area contributed by atoms with Crippen molar-refractivity contribution in [2.24, 2.45) is 5.10 Å². The lowest BCUT2D eigenvalue weighted by molar-refractivity contribution is -0.137. The molecule has 0 aliphatic carbocycles. The molecule has 168 valence electrons. The molecule has 0 saturated heterocycles. The Morgan fingerprint density at radius 1 is 1.24 bits per heavy atom. The molecule has 0 radical (unpaired) electrons. The van der Waals surface area contributed by atoms with Gasteiger partial charge in [-0.05, 0) is 37.3 Å². The summed E-state index contributed by atoms with van der Waals surface area (Å²) < 4.78 is 45.0. The van der Waals surface area contributed by atoms with Gasteiger partial charge in [-0.2, -0.15) is 33.3 Å². The second kappa shape index (κ2) is 9.35. The summed E-state index contributed by atoms with van der Waals surface area (Å²) in [6, 6.07) is 12.4. The molecule has 2 aromatic carbocycles. The minimum Gasteiger partial charge on any atom is -0.496 e. The Kier molecular flexibility index (Phi) is 6.58. The Balaban J connectivity index is 2.01. The topological polar surface area (TPSA) is 109 Å². The van der Waals surface area contributed by atoms with Crippen molar-refractivity contribution in [3.63, 3.8) is 0 Å². The number of hydrogen-bond donors (Lipinski definition) is 1. The Hall–Kier alpha value is -4.46. The lowest BCUT2D eigenvalue weighted by Gasteiger charge is -2.12. The van der Waals surface area contributed by atoms with Crippen LogP contribution in [0.15, 0.2) is 58.4 Å². The average Bonchev–Trinajstić information content (AvgIpc) is 2.79. The minimum atomic E-state index is -4.66. The van der Waals surface area contributed by atoms with Crippen molar-refractivity contribution in [2.45, 2.75) is 13.1 Å². The number of nitriles is 1. The maximum absolute atomic E-state index is 13.1. The number of nitrogens with one attached hydrogen (secondary N) is 1. The monoisotopic (exact) mass is 455 g/mol. The highest BCUT2D eigenvalue weighted by Gasteiger charge is 2.31. The van der Waals surface area contributed by atoms with Crippen molar-refractivity contribution in [3.8, 4) is 17.5 Å². The number of halogens is 3. The van der Waals surface area contributed by atoms with Crippen molar-refractivity contribution < 1.29 is 22.7 Å². The standard InChI is InChI=1S/C22H16F3N5O3/c1-13-17(11-26)21(32)30(16-8-5-7-15(10-16)22(23,24)25)29-19(13)20(31)28-27-12-14-6-3-4-9-18(14)33-2/h3-10,12H,1-2H3,(H,28,31)/b27-12+. The van der Waals surface area contributed by atoms with Crippen LogP contribution in [0.2, 0.25) is 0 Å². The van der Waals surface area contributed by atoms with Crippen molar-refractivity contribution in [2.75, 3.05) is 7.11 Å². The number of aromatic nitrogens is 2. The third-order valence-electron chi connectivity index (χ3n) is 4.59. The van der Waals surface area contributed by atoms with E-state index in [1.807, 2.05) is 0 Å². The third-order valence-corrected chi connectivity index (χ3v) is 4.59. The molecule has 0 saturated carbocycles. The highest BCUT2D eigenvalue weighted by atomic mass is 19.4. The number of benzene rings is 2. The van der Waals surface area contributed by atoms with E-state index in [4.69, 9.17) is 4.74 Å². The minimum absolute atomic E-state index is 0.0317. The van der Waals surface area contributed by atoms with E-state index in [1.165, 1.54) is 26.3 Å².